The highest BCUT2D eigenvalue weighted by molar-refractivity contribution is 7.16. The van der Waals surface area contributed by atoms with Gasteiger partial charge in [-0.3, -0.25) is 4.79 Å². The largest absolute Gasteiger partial charge is 0.383 e. The van der Waals surface area contributed by atoms with Crippen LogP contribution in [0.3, 0.4) is 0 Å². The van der Waals surface area contributed by atoms with Crippen LogP contribution in [0.4, 0.5) is 0 Å². The maximum Gasteiger partial charge on any atom is 0.279 e. The van der Waals surface area contributed by atoms with Gasteiger partial charge in [-0.1, -0.05) is 52.2 Å². The lowest BCUT2D eigenvalue weighted by Crippen LogP contribution is -2.19. The van der Waals surface area contributed by atoms with Crippen molar-refractivity contribution in [3.05, 3.63) is 62.4 Å². The van der Waals surface area contributed by atoms with Gasteiger partial charge in [0, 0.05) is 24.2 Å². The van der Waals surface area contributed by atoms with E-state index in [1.165, 1.54) is 11.3 Å². The molecule has 0 aliphatic rings. The number of halogens is 2. The number of nitrogens with zero attached hydrogens (tertiary/aromatic N) is 2. The highest BCUT2D eigenvalue weighted by atomic mass is 35.5. The Balaban J connectivity index is 2.17. The van der Waals surface area contributed by atoms with Crippen molar-refractivity contribution in [1.29, 1.82) is 0 Å². The standard InChI is InChI=1S/C18H16Cl2N2O2S/c1-11-4-3-5-12(8-11)17(23)21-18-22(6-7-24-2)16-14(20)9-13(19)10-15(16)25-18/h3-5,8-10H,6-7H2,1-2H3. The van der Waals surface area contributed by atoms with Crippen LogP contribution in [0.15, 0.2) is 41.4 Å². The maximum atomic E-state index is 12.6. The first-order chi connectivity index (χ1) is 12.0. The summed E-state index contributed by atoms with van der Waals surface area (Å²) in [7, 11) is 1.63. The van der Waals surface area contributed by atoms with Gasteiger partial charge in [-0.15, -0.1) is 0 Å². The van der Waals surface area contributed by atoms with E-state index in [1.54, 1.807) is 19.2 Å². The van der Waals surface area contributed by atoms with Crippen LogP contribution in [0, 0.1) is 6.92 Å². The lowest BCUT2D eigenvalue weighted by atomic mass is 10.1. The highest BCUT2D eigenvalue weighted by Crippen LogP contribution is 2.29. The van der Waals surface area contributed by atoms with E-state index in [0.29, 0.717) is 33.6 Å². The maximum absolute atomic E-state index is 12.6. The van der Waals surface area contributed by atoms with E-state index < -0.39 is 0 Å². The van der Waals surface area contributed by atoms with E-state index in [2.05, 4.69) is 4.99 Å². The average molecular weight is 395 g/mol. The van der Waals surface area contributed by atoms with Crippen molar-refractivity contribution in [3.8, 4) is 0 Å². The molecule has 7 heteroatoms. The molecule has 130 valence electrons. The minimum absolute atomic E-state index is 0.288. The van der Waals surface area contributed by atoms with Crippen molar-refractivity contribution in [2.45, 2.75) is 13.5 Å². The monoisotopic (exact) mass is 394 g/mol. The third kappa shape index (κ3) is 3.96. The van der Waals surface area contributed by atoms with Crippen molar-refractivity contribution >= 4 is 50.7 Å². The first-order valence-electron chi connectivity index (χ1n) is 7.62. The SMILES string of the molecule is COCCn1c(=NC(=O)c2cccc(C)c2)sc2cc(Cl)cc(Cl)c21. The molecular formula is C18H16Cl2N2O2S. The summed E-state index contributed by atoms with van der Waals surface area (Å²) in [6.45, 7) is 2.96. The molecule has 3 aromatic rings. The van der Waals surface area contributed by atoms with Gasteiger partial charge in [-0.2, -0.15) is 4.99 Å². The summed E-state index contributed by atoms with van der Waals surface area (Å²) in [6, 6.07) is 10.9. The quantitative estimate of drug-likeness (QED) is 0.643. The number of aryl methyl sites for hydroxylation is 1. The molecule has 0 unspecified atom stereocenters. The van der Waals surface area contributed by atoms with E-state index in [4.69, 9.17) is 27.9 Å². The molecule has 0 atom stereocenters. The molecule has 1 heterocycles. The molecule has 0 aliphatic carbocycles. The molecule has 0 N–H and O–H groups in total. The Kier molecular flexibility index (Phi) is 5.59. The molecule has 1 aromatic heterocycles. The van der Waals surface area contributed by atoms with Crippen LogP contribution in [-0.4, -0.2) is 24.2 Å². The third-order valence-corrected chi connectivity index (χ3v) is 5.21. The topological polar surface area (TPSA) is 43.6 Å². The number of hydrogen-bond acceptors (Lipinski definition) is 3. The first kappa shape index (κ1) is 18.1. The highest BCUT2D eigenvalue weighted by Gasteiger charge is 2.13. The summed E-state index contributed by atoms with van der Waals surface area (Å²) in [6.07, 6.45) is 0. The van der Waals surface area contributed by atoms with Gasteiger partial charge in [0.2, 0.25) is 0 Å². The zero-order valence-corrected chi connectivity index (χ0v) is 16.1. The normalized spacial score (nSPS) is 12.1. The molecule has 2 aromatic carbocycles. The summed E-state index contributed by atoms with van der Waals surface area (Å²) < 4.78 is 7.95. The smallest absolute Gasteiger partial charge is 0.279 e. The summed E-state index contributed by atoms with van der Waals surface area (Å²) in [5.74, 6) is -0.288. The zero-order chi connectivity index (χ0) is 18.0. The van der Waals surface area contributed by atoms with Crippen molar-refractivity contribution in [1.82, 2.24) is 4.57 Å². The molecule has 1 amide bonds. The van der Waals surface area contributed by atoms with Gasteiger partial charge >= 0.3 is 0 Å². The van der Waals surface area contributed by atoms with Gasteiger partial charge in [-0.25, -0.2) is 0 Å². The Labute approximate surface area is 159 Å². The second kappa shape index (κ2) is 7.70. The fourth-order valence-electron chi connectivity index (χ4n) is 2.53. The Morgan fingerprint density at radius 3 is 2.80 bits per heavy atom. The predicted molar refractivity (Wildman–Crippen MR) is 103 cm³/mol. The minimum atomic E-state index is -0.288. The summed E-state index contributed by atoms with van der Waals surface area (Å²) in [5, 5.41) is 1.08. The number of hydrogen-bond donors (Lipinski definition) is 0. The number of amides is 1. The van der Waals surface area contributed by atoms with Gasteiger partial charge in [0.15, 0.2) is 4.80 Å². The Morgan fingerprint density at radius 2 is 2.08 bits per heavy atom. The molecule has 0 aliphatic heterocycles. The van der Waals surface area contributed by atoms with Crippen LogP contribution in [0.25, 0.3) is 10.2 Å². The molecule has 0 spiro atoms. The Bertz CT molecular complexity index is 1010. The number of ether oxygens (including phenoxy) is 1. The molecule has 0 fully saturated rings. The van der Waals surface area contributed by atoms with E-state index >= 15 is 0 Å². The molecule has 0 radical (unpaired) electrons. The number of aromatic nitrogens is 1. The van der Waals surface area contributed by atoms with Crippen LogP contribution in [0.1, 0.15) is 15.9 Å². The summed E-state index contributed by atoms with van der Waals surface area (Å²) in [4.78, 5) is 17.4. The fourth-order valence-corrected chi connectivity index (χ4v) is 4.37. The molecule has 0 saturated heterocycles. The van der Waals surface area contributed by atoms with Crippen LogP contribution >= 0.6 is 34.5 Å². The second-order valence-electron chi connectivity index (χ2n) is 5.55. The molecule has 4 nitrogen and oxygen atoms in total. The second-order valence-corrected chi connectivity index (χ2v) is 7.40. The van der Waals surface area contributed by atoms with Gasteiger partial charge in [0.25, 0.3) is 5.91 Å². The Morgan fingerprint density at radius 1 is 1.28 bits per heavy atom. The van der Waals surface area contributed by atoms with Crippen molar-refractivity contribution in [3.63, 3.8) is 0 Å². The van der Waals surface area contributed by atoms with Gasteiger partial charge in [0.1, 0.15) is 0 Å². The van der Waals surface area contributed by atoms with Crippen molar-refractivity contribution in [2.75, 3.05) is 13.7 Å². The fraction of sp³-hybridized carbons (Fsp3) is 0.222. The van der Waals surface area contributed by atoms with E-state index in [-0.39, 0.29) is 5.91 Å². The molecule has 25 heavy (non-hydrogen) atoms. The number of methoxy groups -OCH3 is 1. The number of benzene rings is 2. The number of rotatable bonds is 4. The minimum Gasteiger partial charge on any atom is -0.383 e. The summed E-state index contributed by atoms with van der Waals surface area (Å²) in [5.41, 5.74) is 2.38. The lowest BCUT2D eigenvalue weighted by Gasteiger charge is -2.06. The van der Waals surface area contributed by atoms with Crippen LogP contribution in [0.5, 0.6) is 0 Å². The zero-order valence-electron chi connectivity index (χ0n) is 13.8. The number of carbonyl (C=O) groups is 1. The van der Waals surface area contributed by atoms with Gasteiger partial charge < -0.3 is 9.30 Å². The molecule has 3 rings (SSSR count). The number of fused-ring (bicyclic) bond motifs is 1. The van der Waals surface area contributed by atoms with Crippen molar-refractivity contribution in [2.24, 2.45) is 4.99 Å². The van der Waals surface area contributed by atoms with E-state index in [9.17, 15) is 4.79 Å². The van der Waals surface area contributed by atoms with Crippen LogP contribution in [-0.2, 0) is 11.3 Å². The molecular weight excluding hydrogens is 379 g/mol. The summed E-state index contributed by atoms with van der Waals surface area (Å²) >= 11 is 13.8. The van der Waals surface area contributed by atoms with Crippen LogP contribution in [0.2, 0.25) is 10.0 Å². The van der Waals surface area contributed by atoms with Crippen LogP contribution < -0.4 is 4.80 Å². The predicted octanol–water partition coefficient (Wildman–Crippen LogP) is 4.71. The number of thiazole rings is 1. The van der Waals surface area contributed by atoms with Crippen molar-refractivity contribution < 1.29 is 9.53 Å². The van der Waals surface area contributed by atoms with E-state index in [1.807, 2.05) is 35.8 Å². The number of carbonyl (C=O) groups excluding carboxylic acids is 1. The molecule has 0 bridgehead atoms. The lowest BCUT2D eigenvalue weighted by molar-refractivity contribution is 0.0997. The third-order valence-electron chi connectivity index (χ3n) is 3.68. The van der Waals surface area contributed by atoms with E-state index in [0.717, 1.165) is 15.8 Å². The average Bonchev–Trinajstić information content (AvgIpc) is 2.90. The Hall–Kier alpha value is -1.66. The van der Waals surface area contributed by atoms with Gasteiger partial charge in [0.05, 0.1) is 21.8 Å². The first-order valence-corrected chi connectivity index (χ1v) is 9.20. The van der Waals surface area contributed by atoms with Gasteiger partial charge in [-0.05, 0) is 31.2 Å². The molecule has 0 saturated carbocycles.